The summed E-state index contributed by atoms with van der Waals surface area (Å²) in [7, 11) is 0. The zero-order valence-electron chi connectivity index (χ0n) is 16.3. The molecule has 1 aliphatic rings. The van der Waals surface area contributed by atoms with Crippen molar-refractivity contribution in [3.05, 3.63) is 71.3 Å². The van der Waals surface area contributed by atoms with Crippen LogP contribution in [0.2, 0.25) is 0 Å². The average molecular weight is 384 g/mol. The molecule has 7 nitrogen and oxygen atoms in total. The highest BCUT2D eigenvalue weighted by Crippen LogP contribution is 2.40. The van der Waals surface area contributed by atoms with Crippen molar-refractivity contribution in [2.45, 2.75) is 32.6 Å². The first-order valence-corrected chi connectivity index (χ1v) is 9.67. The van der Waals surface area contributed by atoms with Gasteiger partial charge in [-0.15, -0.1) is 0 Å². The third-order valence-electron chi connectivity index (χ3n) is 5.07. The van der Waals surface area contributed by atoms with Crippen molar-refractivity contribution in [1.29, 1.82) is 0 Å². The van der Waals surface area contributed by atoms with Crippen LogP contribution in [0.25, 0.3) is 16.9 Å². The van der Waals surface area contributed by atoms with Gasteiger partial charge in [0.05, 0.1) is 16.6 Å². The minimum atomic E-state index is -0.207. The average Bonchev–Trinajstić information content (AvgIpc) is 3.52. The van der Waals surface area contributed by atoms with Gasteiger partial charge in [-0.25, -0.2) is 15.0 Å². The van der Waals surface area contributed by atoms with Crippen LogP contribution in [-0.4, -0.2) is 30.6 Å². The Balaban J connectivity index is 1.66. The van der Waals surface area contributed by atoms with Gasteiger partial charge >= 0.3 is 0 Å². The monoisotopic (exact) mass is 384 g/mol. The van der Waals surface area contributed by atoms with Crippen LogP contribution in [0.4, 0.5) is 5.82 Å². The van der Waals surface area contributed by atoms with Gasteiger partial charge in [0.15, 0.2) is 11.5 Å². The van der Waals surface area contributed by atoms with Crippen molar-refractivity contribution >= 4 is 22.8 Å². The maximum atomic E-state index is 13.2. The summed E-state index contributed by atoms with van der Waals surface area (Å²) in [5.41, 5.74) is 3.74. The lowest BCUT2D eigenvalue weighted by Crippen LogP contribution is -2.15. The van der Waals surface area contributed by atoms with E-state index in [0.717, 1.165) is 35.3 Å². The number of carbonyl (C=O) groups is 1. The second-order valence-corrected chi connectivity index (χ2v) is 7.37. The highest BCUT2D eigenvalue weighted by atomic mass is 16.1. The Kier molecular flexibility index (Phi) is 4.08. The van der Waals surface area contributed by atoms with Gasteiger partial charge in [-0.3, -0.25) is 4.79 Å². The number of nitrogens with one attached hydrogen (secondary N) is 1. The quantitative estimate of drug-likeness (QED) is 0.576. The number of aryl methyl sites for hydroxylation is 2. The number of carbonyl (C=O) groups excluding carboxylic acids is 1. The van der Waals surface area contributed by atoms with Gasteiger partial charge < -0.3 is 5.32 Å². The minimum Gasteiger partial charge on any atom is -0.307 e. The number of rotatable bonds is 4. The molecule has 0 saturated heterocycles. The van der Waals surface area contributed by atoms with E-state index in [-0.39, 0.29) is 5.91 Å². The number of anilines is 1. The van der Waals surface area contributed by atoms with E-state index in [9.17, 15) is 4.79 Å². The fourth-order valence-electron chi connectivity index (χ4n) is 3.51. The molecule has 0 spiro atoms. The maximum absolute atomic E-state index is 13.2. The molecule has 29 heavy (non-hydrogen) atoms. The molecule has 0 bridgehead atoms. The third kappa shape index (κ3) is 3.24. The summed E-state index contributed by atoms with van der Waals surface area (Å²) in [6.45, 7) is 3.79. The first kappa shape index (κ1) is 17.5. The number of hydrogen-bond acceptors (Lipinski definition) is 5. The zero-order chi connectivity index (χ0) is 20.0. The fraction of sp³-hybridized carbons (Fsp3) is 0.227. The van der Waals surface area contributed by atoms with Crippen LogP contribution in [-0.2, 0) is 0 Å². The molecule has 0 atom stereocenters. The van der Waals surface area contributed by atoms with E-state index < -0.39 is 0 Å². The molecule has 5 rings (SSSR count). The van der Waals surface area contributed by atoms with Crippen molar-refractivity contribution in [1.82, 2.24) is 24.7 Å². The third-order valence-corrected chi connectivity index (χ3v) is 5.07. The SMILES string of the molecule is Cc1cccc(NC(=O)c2cc(C3CC3)nc3c2c(C)nn3-c2ccccn2)n1. The minimum absolute atomic E-state index is 0.207. The Morgan fingerprint density at radius 2 is 1.97 bits per heavy atom. The predicted molar refractivity (Wildman–Crippen MR) is 110 cm³/mol. The van der Waals surface area contributed by atoms with Crippen molar-refractivity contribution in [2.24, 2.45) is 0 Å². The Morgan fingerprint density at radius 3 is 2.69 bits per heavy atom. The number of aromatic nitrogens is 5. The van der Waals surface area contributed by atoms with Crippen LogP contribution < -0.4 is 5.32 Å². The van der Waals surface area contributed by atoms with Gasteiger partial charge in [-0.05, 0) is 57.0 Å². The molecule has 4 aromatic rings. The molecule has 1 aliphatic carbocycles. The standard InChI is InChI=1S/C22H20N6O/c1-13-6-5-7-18(24-13)26-22(29)16-12-17(15-9-10-15)25-21-20(16)14(2)27-28(21)19-8-3-4-11-23-19/h3-8,11-12,15H,9-10H2,1-2H3,(H,24,26,29). The highest BCUT2D eigenvalue weighted by Gasteiger charge is 2.29. The summed E-state index contributed by atoms with van der Waals surface area (Å²) in [6.07, 6.45) is 3.91. The topological polar surface area (TPSA) is 85.6 Å². The molecule has 1 amide bonds. The molecule has 0 radical (unpaired) electrons. The van der Waals surface area contributed by atoms with Gasteiger partial charge in [0.2, 0.25) is 0 Å². The molecule has 144 valence electrons. The van der Waals surface area contributed by atoms with Crippen molar-refractivity contribution in [3.63, 3.8) is 0 Å². The first-order chi connectivity index (χ1) is 14.1. The Bertz CT molecular complexity index is 1230. The van der Waals surface area contributed by atoms with Gasteiger partial charge in [0, 0.05) is 23.5 Å². The van der Waals surface area contributed by atoms with Crippen molar-refractivity contribution in [3.8, 4) is 5.82 Å². The van der Waals surface area contributed by atoms with E-state index in [1.54, 1.807) is 16.9 Å². The normalized spacial score (nSPS) is 13.6. The van der Waals surface area contributed by atoms with Crippen molar-refractivity contribution in [2.75, 3.05) is 5.32 Å². The number of fused-ring (bicyclic) bond motifs is 1. The fourth-order valence-corrected chi connectivity index (χ4v) is 3.51. The lowest BCUT2D eigenvalue weighted by atomic mass is 10.1. The number of hydrogen-bond donors (Lipinski definition) is 1. The van der Waals surface area contributed by atoms with Crippen LogP contribution in [0, 0.1) is 13.8 Å². The lowest BCUT2D eigenvalue weighted by molar-refractivity contribution is 0.102. The van der Waals surface area contributed by atoms with E-state index in [4.69, 9.17) is 4.98 Å². The summed E-state index contributed by atoms with van der Waals surface area (Å²) in [5.74, 6) is 1.40. The molecule has 4 aromatic heterocycles. The maximum Gasteiger partial charge on any atom is 0.257 e. The predicted octanol–water partition coefficient (Wildman–Crippen LogP) is 3.96. The summed E-state index contributed by atoms with van der Waals surface area (Å²) in [5, 5.41) is 8.31. The molecule has 0 unspecified atom stereocenters. The van der Waals surface area contributed by atoms with Crippen LogP contribution in [0.3, 0.4) is 0 Å². The van der Waals surface area contributed by atoms with E-state index in [1.807, 2.05) is 50.2 Å². The smallest absolute Gasteiger partial charge is 0.257 e. The van der Waals surface area contributed by atoms with E-state index in [1.165, 1.54) is 0 Å². The van der Waals surface area contributed by atoms with Gasteiger partial charge in [0.1, 0.15) is 5.82 Å². The second kappa shape index (κ2) is 6.77. The first-order valence-electron chi connectivity index (χ1n) is 9.67. The van der Waals surface area contributed by atoms with Crippen LogP contribution in [0.15, 0.2) is 48.7 Å². The Morgan fingerprint density at radius 1 is 1.10 bits per heavy atom. The summed E-state index contributed by atoms with van der Waals surface area (Å²) in [4.78, 5) is 26.9. The molecule has 1 N–H and O–H groups in total. The number of pyridine rings is 3. The van der Waals surface area contributed by atoms with Crippen LogP contribution in [0.1, 0.15) is 46.2 Å². The molecule has 1 fully saturated rings. The Labute approximate surface area is 167 Å². The van der Waals surface area contributed by atoms with Crippen molar-refractivity contribution < 1.29 is 4.79 Å². The number of amides is 1. The lowest BCUT2D eigenvalue weighted by Gasteiger charge is -2.09. The van der Waals surface area contributed by atoms with Gasteiger partial charge in [-0.1, -0.05) is 12.1 Å². The molecule has 4 heterocycles. The van der Waals surface area contributed by atoms with Crippen LogP contribution in [0.5, 0.6) is 0 Å². The zero-order valence-corrected chi connectivity index (χ0v) is 16.3. The Hall–Kier alpha value is -3.61. The van der Waals surface area contributed by atoms with Crippen LogP contribution >= 0.6 is 0 Å². The summed E-state index contributed by atoms with van der Waals surface area (Å²) >= 11 is 0. The van der Waals surface area contributed by atoms with Gasteiger partial charge in [0.25, 0.3) is 5.91 Å². The summed E-state index contributed by atoms with van der Waals surface area (Å²) in [6, 6.07) is 13.1. The molecule has 0 aromatic carbocycles. The molecule has 1 saturated carbocycles. The number of nitrogens with zero attached hydrogens (tertiary/aromatic N) is 5. The largest absolute Gasteiger partial charge is 0.307 e. The molecule has 0 aliphatic heterocycles. The second-order valence-electron chi connectivity index (χ2n) is 7.37. The van der Waals surface area contributed by atoms with E-state index >= 15 is 0 Å². The highest BCUT2D eigenvalue weighted by molar-refractivity contribution is 6.12. The summed E-state index contributed by atoms with van der Waals surface area (Å²) < 4.78 is 1.72. The van der Waals surface area contributed by atoms with Gasteiger partial charge in [-0.2, -0.15) is 9.78 Å². The molecule has 7 heteroatoms. The van der Waals surface area contributed by atoms with E-state index in [2.05, 4.69) is 20.4 Å². The van der Waals surface area contributed by atoms with E-state index in [0.29, 0.717) is 28.8 Å². The molecular formula is C22H20N6O. The molecular weight excluding hydrogens is 364 g/mol.